The van der Waals surface area contributed by atoms with Crippen molar-refractivity contribution in [3.8, 4) is 112 Å². The Morgan fingerprint density at radius 2 is 0.622 bits per heavy atom. The summed E-state index contributed by atoms with van der Waals surface area (Å²) in [6.45, 7) is 12.5. The summed E-state index contributed by atoms with van der Waals surface area (Å²) in [5.41, 5.74) is 25.7. The molecular formula is C90H66N6O2. The Morgan fingerprint density at radius 3 is 1.07 bits per heavy atom. The van der Waals surface area contributed by atoms with Gasteiger partial charge in [-0.15, -0.1) is 0 Å². The van der Waals surface area contributed by atoms with E-state index >= 15 is 0 Å². The molecule has 0 saturated carbocycles. The van der Waals surface area contributed by atoms with Crippen molar-refractivity contribution in [3.63, 3.8) is 0 Å². The Labute approximate surface area is 571 Å². The van der Waals surface area contributed by atoms with Crippen LogP contribution in [0.4, 0.5) is 5.69 Å². The maximum Gasteiger partial charge on any atom is 0.193 e. The fourth-order valence-corrected chi connectivity index (χ4v) is 13.9. The van der Waals surface area contributed by atoms with E-state index in [4.69, 9.17) is 25.3 Å². The van der Waals surface area contributed by atoms with Gasteiger partial charge >= 0.3 is 0 Å². The van der Waals surface area contributed by atoms with Gasteiger partial charge < -0.3 is 5.41 Å². The molecule has 2 aliphatic carbocycles. The molecule has 2 aliphatic rings. The van der Waals surface area contributed by atoms with E-state index in [9.17, 15) is 9.59 Å². The molecule has 8 nitrogen and oxygen atoms in total. The van der Waals surface area contributed by atoms with E-state index in [-0.39, 0.29) is 22.4 Å². The fourth-order valence-electron chi connectivity index (χ4n) is 13.9. The molecule has 0 aliphatic heterocycles. The maximum atomic E-state index is 13.4. The lowest BCUT2D eigenvalue weighted by molar-refractivity contribution is 0.102. The van der Waals surface area contributed by atoms with Crippen molar-refractivity contribution in [2.45, 2.75) is 38.5 Å². The molecule has 2 heterocycles. The number of nitrogens with zero attached hydrogens (tertiary/aromatic N) is 5. The van der Waals surface area contributed by atoms with E-state index in [0.717, 1.165) is 134 Å². The first-order chi connectivity index (χ1) is 47.8. The summed E-state index contributed by atoms with van der Waals surface area (Å²) in [6.07, 6.45) is 1.26. The average molecular weight is 1260 g/mol. The molecule has 0 fully saturated rings. The molecule has 0 atom stereocenters. The molecule has 0 radical (unpaired) electrons. The number of carbonyl (C=O) groups excluding carboxylic acids is 2. The van der Waals surface area contributed by atoms with E-state index in [1.54, 1.807) is 0 Å². The van der Waals surface area contributed by atoms with Gasteiger partial charge in [-0.05, 0) is 121 Å². The van der Waals surface area contributed by atoms with Gasteiger partial charge in [-0.3, -0.25) is 14.6 Å². The molecule has 0 unspecified atom stereocenters. The van der Waals surface area contributed by atoms with Gasteiger partial charge in [0.1, 0.15) is 0 Å². The predicted molar refractivity (Wildman–Crippen MR) is 400 cm³/mol. The monoisotopic (exact) mass is 1260 g/mol. The van der Waals surface area contributed by atoms with Crippen LogP contribution in [-0.4, -0.2) is 44.4 Å². The van der Waals surface area contributed by atoms with Crippen LogP contribution < -0.4 is 0 Å². The number of aromatic nitrogens is 4. The van der Waals surface area contributed by atoms with Gasteiger partial charge in [0.25, 0.3) is 0 Å². The second-order valence-electron chi connectivity index (χ2n) is 25.9. The third-order valence-corrected chi connectivity index (χ3v) is 19.3. The first kappa shape index (κ1) is 61.6. The number of rotatable bonds is 12. The molecule has 0 bridgehead atoms. The van der Waals surface area contributed by atoms with Crippen molar-refractivity contribution in [1.29, 1.82) is 5.41 Å². The van der Waals surface area contributed by atoms with Crippen LogP contribution in [0.3, 0.4) is 0 Å². The molecule has 98 heavy (non-hydrogen) atoms. The smallest absolute Gasteiger partial charge is 0.193 e. The summed E-state index contributed by atoms with van der Waals surface area (Å²) < 4.78 is 0. The summed E-state index contributed by atoms with van der Waals surface area (Å²) in [6, 6.07) is 103. The van der Waals surface area contributed by atoms with Gasteiger partial charge in [-0.2, -0.15) is 0 Å². The van der Waals surface area contributed by atoms with Gasteiger partial charge in [0.05, 0.1) is 17.1 Å². The molecule has 14 aromatic rings. The number of fused-ring (bicyclic) bond motifs is 4. The third-order valence-electron chi connectivity index (χ3n) is 19.3. The van der Waals surface area contributed by atoms with Gasteiger partial charge in [0, 0.05) is 72.7 Å². The van der Waals surface area contributed by atoms with Crippen molar-refractivity contribution in [1.82, 2.24) is 19.9 Å². The van der Waals surface area contributed by atoms with Gasteiger partial charge in [0.15, 0.2) is 29.0 Å². The molecule has 0 saturated heterocycles. The predicted octanol–water partition coefficient (Wildman–Crippen LogP) is 21.7. The molecule has 468 valence electrons. The van der Waals surface area contributed by atoms with Crippen LogP contribution in [-0.2, 0) is 10.8 Å². The van der Waals surface area contributed by atoms with Gasteiger partial charge in [0.2, 0.25) is 0 Å². The molecule has 0 spiro atoms. The van der Waals surface area contributed by atoms with Crippen molar-refractivity contribution in [3.05, 3.63) is 353 Å². The van der Waals surface area contributed by atoms with E-state index in [1.165, 1.54) is 6.21 Å². The quantitative estimate of drug-likeness (QED) is 0.122. The number of pyridine rings is 1. The van der Waals surface area contributed by atoms with Gasteiger partial charge in [-0.1, -0.05) is 295 Å². The highest BCUT2D eigenvalue weighted by Gasteiger charge is 2.38. The Kier molecular flexibility index (Phi) is 16.1. The van der Waals surface area contributed by atoms with Crippen LogP contribution in [0.2, 0.25) is 0 Å². The van der Waals surface area contributed by atoms with Crippen LogP contribution in [0.1, 0.15) is 87.4 Å². The Balaban J connectivity index is 0.000000161. The highest BCUT2D eigenvalue weighted by Crippen LogP contribution is 2.45. The summed E-state index contributed by atoms with van der Waals surface area (Å²) >= 11 is 0. The topological polar surface area (TPSA) is 122 Å². The lowest BCUT2D eigenvalue weighted by Crippen LogP contribution is -2.30. The maximum absolute atomic E-state index is 13.4. The minimum atomic E-state index is -0.284. The zero-order chi connectivity index (χ0) is 67.1. The largest absolute Gasteiger partial charge is 0.308 e. The van der Waals surface area contributed by atoms with Gasteiger partial charge in [-0.25, -0.2) is 19.9 Å². The van der Waals surface area contributed by atoms with Crippen LogP contribution in [0.15, 0.2) is 308 Å². The Morgan fingerprint density at radius 1 is 0.296 bits per heavy atom. The fraction of sp³-hybridized carbons (Fsp3) is 0.0667. The van der Waals surface area contributed by atoms with Crippen LogP contribution >= 0.6 is 0 Å². The van der Waals surface area contributed by atoms with Crippen molar-refractivity contribution < 1.29 is 9.59 Å². The van der Waals surface area contributed by atoms with E-state index in [0.29, 0.717) is 34.3 Å². The number of benzene rings is 12. The lowest BCUT2D eigenvalue weighted by Gasteiger charge is -2.34. The van der Waals surface area contributed by atoms with Crippen LogP contribution in [0, 0.1) is 5.41 Å². The summed E-state index contributed by atoms with van der Waals surface area (Å²) in [5, 5.41) is 8.07. The number of nitrogens with one attached hydrogen (secondary N) is 1. The standard InChI is InChI=1S/C45H33N5O.C45H33NO/c1-45(2)38-14-8-7-12-35(38)41(51)36-25-24-33(26-39(36)45)30-18-16-28(17-19-30)29-20-22-32(23-21-29)43-48-42(31-10-5-4-6-11-31)49-44(50-43)34-13-9-15-40(47-3)37(34)27-46;1-45(2)40-19-10-9-18-38(40)44(47)39-25-24-36(27-41(39)45)31-22-20-30(21-23-31)34-16-11-17-35(26-34)37-28-42(32-12-5-3-6-13-32)46-43(29-37)33-14-7-4-8-15-33/h4-27,46H,3H2,1-2H3;3-29H,1-2H3. The molecule has 8 heteroatoms. The molecule has 16 rings (SSSR count). The number of ketones is 2. The molecule has 1 N–H and O–H groups in total. The van der Waals surface area contributed by atoms with Crippen molar-refractivity contribution in [2.24, 2.45) is 4.99 Å². The van der Waals surface area contributed by atoms with Crippen molar-refractivity contribution in [2.75, 3.05) is 0 Å². The summed E-state index contributed by atoms with van der Waals surface area (Å²) in [7, 11) is 0. The van der Waals surface area contributed by atoms with Crippen LogP contribution in [0.25, 0.3) is 112 Å². The van der Waals surface area contributed by atoms with E-state index in [1.807, 2.05) is 127 Å². The minimum Gasteiger partial charge on any atom is -0.308 e. The summed E-state index contributed by atoms with van der Waals surface area (Å²) in [4.78, 5) is 50.4. The second kappa shape index (κ2) is 25.7. The third kappa shape index (κ3) is 11.6. The number of hydrogen-bond acceptors (Lipinski definition) is 8. The molecule has 0 amide bonds. The van der Waals surface area contributed by atoms with Crippen LogP contribution in [0.5, 0.6) is 0 Å². The lowest BCUT2D eigenvalue weighted by atomic mass is 9.68. The Hall–Kier alpha value is -12.5. The first-order valence-electron chi connectivity index (χ1n) is 32.9. The van der Waals surface area contributed by atoms with E-state index in [2.05, 4.69) is 215 Å². The molecule has 2 aromatic heterocycles. The molecular weight excluding hydrogens is 1200 g/mol. The zero-order valence-electron chi connectivity index (χ0n) is 54.7. The highest BCUT2D eigenvalue weighted by molar-refractivity contribution is 6.14. The Bertz CT molecular complexity index is 5370. The minimum absolute atomic E-state index is 0.0882. The number of hydrogen-bond donors (Lipinski definition) is 1. The SMILES string of the molecule is C=Nc1cccc(-c2nc(-c3ccccc3)nc(-c3ccc(-c4ccc(-c5ccc6c(c5)C(C)(C)c5ccccc5C6=O)cc4)cc3)n2)c1C=N.CC1(C)c2ccccc2C(=O)c2ccc(-c3ccc(-c4cccc(-c5cc(-c6ccccc6)nc(-c6ccccc6)c5)c4)cc3)cc21. The van der Waals surface area contributed by atoms with Crippen molar-refractivity contribution >= 4 is 30.2 Å². The molecule has 12 aromatic carbocycles. The second-order valence-corrected chi connectivity index (χ2v) is 25.9. The summed E-state index contributed by atoms with van der Waals surface area (Å²) in [5.74, 6) is 1.73. The highest BCUT2D eigenvalue weighted by atomic mass is 16.1. The number of carbonyl (C=O) groups is 2. The number of aliphatic imine (C=N–C) groups is 1. The average Bonchev–Trinajstić information content (AvgIpc) is 0.747. The zero-order valence-corrected chi connectivity index (χ0v) is 54.7. The van der Waals surface area contributed by atoms with E-state index < -0.39 is 0 Å². The normalized spacial score (nSPS) is 13.0. The first-order valence-corrected chi connectivity index (χ1v) is 32.9.